The van der Waals surface area contributed by atoms with Crippen molar-refractivity contribution < 1.29 is 9.59 Å². The van der Waals surface area contributed by atoms with Gasteiger partial charge in [0.05, 0.1) is 0 Å². The number of carbonyl (C=O) groups excluding carboxylic acids is 2. The lowest BCUT2D eigenvalue weighted by atomic mass is 10.0. The number of rotatable bonds is 5. The Morgan fingerprint density at radius 2 is 1.62 bits per heavy atom. The highest BCUT2D eigenvalue weighted by Crippen LogP contribution is 2.30. The maximum Gasteiger partial charge on any atom is 0.255 e. The van der Waals surface area contributed by atoms with Crippen molar-refractivity contribution in [2.24, 2.45) is 5.92 Å². The summed E-state index contributed by atoms with van der Waals surface area (Å²) in [6, 6.07) is 14.9. The van der Waals surface area contributed by atoms with Gasteiger partial charge in [0.1, 0.15) is 0 Å². The van der Waals surface area contributed by atoms with Crippen LogP contribution in [0.2, 0.25) is 0 Å². The van der Waals surface area contributed by atoms with Crippen molar-refractivity contribution >= 4 is 23.2 Å². The molecule has 4 heteroatoms. The van der Waals surface area contributed by atoms with Gasteiger partial charge in [0.15, 0.2) is 0 Å². The van der Waals surface area contributed by atoms with E-state index in [1.165, 1.54) is 5.56 Å². The summed E-state index contributed by atoms with van der Waals surface area (Å²) in [6.45, 7) is 4.24. The van der Waals surface area contributed by atoms with Crippen LogP contribution in [0.25, 0.3) is 0 Å². The molecule has 0 unspecified atom stereocenters. The number of nitrogens with one attached hydrogen (secondary N) is 2. The molecule has 0 heterocycles. The van der Waals surface area contributed by atoms with Crippen LogP contribution in [-0.2, 0) is 4.79 Å². The first kappa shape index (κ1) is 16.2. The fourth-order valence-electron chi connectivity index (χ4n) is 2.51. The molecule has 2 aromatic rings. The molecule has 1 saturated carbocycles. The smallest absolute Gasteiger partial charge is 0.255 e. The van der Waals surface area contributed by atoms with Crippen LogP contribution in [0, 0.1) is 5.92 Å². The molecule has 0 atom stereocenters. The average Bonchev–Trinajstić information content (AvgIpc) is 3.40. The molecule has 124 valence electrons. The van der Waals surface area contributed by atoms with Crippen LogP contribution >= 0.6 is 0 Å². The Kier molecular flexibility index (Phi) is 4.65. The largest absolute Gasteiger partial charge is 0.326 e. The molecular weight excluding hydrogens is 300 g/mol. The Labute approximate surface area is 142 Å². The molecule has 2 aromatic carbocycles. The predicted octanol–water partition coefficient (Wildman–Crippen LogP) is 4.41. The molecule has 0 aliphatic heterocycles. The Balaban J connectivity index is 1.70. The van der Waals surface area contributed by atoms with Crippen LogP contribution in [0.1, 0.15) is 48.5 Å². The Hall–Kier alpha value is -2.62. The summed E-state index contributed by atoms with van der Waals surface area (Å²) in [7, 11) is 0. The minimum Gasteiger partial charge on any atom is -0.326 e. The van der Waals surface area contributed by atoms with Gasteiger partial charge >= 0.3 is 0 Å². The van der Waals surface area contributed by atoms with Gasteiger partial charge in [0, 0.05) is 22.9 Å². The SMILES string of the molecule is CC(C)c1cccc(NC(=O)c2cccc(NC(=O)C3CC3)c2)c1. The molecule has 24 heavy (non-hydrogen) atoms. The zero-order valence-corrected chi connectivity index (χ0v) is 14.0. The van der Waals surface area contributed by atoms with E-state index < -0.39 is 0 Å². The van der Waals surface area contributed by atoms with Crippen molar-refractivity contribution in [2.45, 2.75) is 32.6 Å². The van der Waals surface area contributed by atoms with Crippen LogP contribution in [-0.4, -0.2) is 11.8 Å². The summed E-state index contributed by atoms with van der Waals surface area (Å²) in [4.78, 5) is 24.3. The molecule has 0 bridgehead atoms. The third-order valence-electron chi connectivity index (χ3n) is 4.15. The minimum absolute atomic E-state index is 0.0391. The number of amides is 2. The zero-order chi connectivity index (χ0) is 17.1. The van der Waals surface area contributed by atoms with E-state index in [9.17, 15) is 9.59 Å². The van der Waals surface area contributed by atoms with Crippen molar-refractivity contribution in [3.63, 3.8) is 0 Å². The average molecular weight is 322 g/mol. The number of hydrogen-bond donors (Lipinski definition) is 2. The molecule has 0 aromatic heterocycles. The van der Waals surface area contributed by atoms with Crippen molar-refractivity contribution in [1.29, 1.82) is 0 Å². The number of benzene rings is 2. The highest BCUT2D eigenvalue weighted by atomic mass is 16.2. The summed E-state index contributed by atoms with van der Waals surface area (Å²) >= 11 is 0. The normalized spacial score (nSPS) is 13.6. The standard InChI is InChI=1S/C20H22N2O2/c1-13(2)15-5-3-7-17(11-15)22-20(24)16-6-4-8-18(12-16)21-19(23)14-9-10-14/h3-8,11-14H,9-10H2,1-2H3,(H,21,23)(H,22,24). The zero-order valence-electron chi connectivity index (χ0n) is 14.0. The minimum atomic E-state index is -0.182. The summed E-state index contributed by atoms with van der Waals surface area (Å²) in [5, 5.41) is 5.79. The van der Waals surface area contributed by atoms with E-state index in [-0.39, 0.29) is 17.7 Å². The van der Waals surface area contributed by atoms with Gasteiger partial charge in [-0.25, -0.2) is 0 Å². The highest BCUT2D eigenvalue weighted by molar-refractivity contribution is 6.05. The Morgan fingerprint density at radius 3 is 2.29 bits per heavy atom. The second kappa shape index (κ2) is 6.87. The summed E-state index contributed by atoms with van der Waals surface area (Å²) < 4.78 is 0. The molecule has 2 N–H and O–H groups in total. The maximum absolute atomic E-state index is 12.5. The Morgan fingerprint density at radius 1 is 0.958 bits per heavy atom. The third-order valence-corrected chi connectivity index (χ3v) is 4.15. The summed E-state index contributed by atoms with van der Waals surface area (Å²) in [5.74, 6) is 0.402. The fourth-order valence-corrected chi connectivity index (χ4v) is 2.51. The first-order valence-electron chi connectivity index (χ1n) is 8.35. The lowest BCUT2D eigenvalue weighted by Gasteiger charge is -2.10. The van der Waals surface area contributed by atoms with E-state index in [1.54, 1.807) is 24.3 Å². The van der Waals surface area contributed by atoms with Gasteiger partial charge in [-0.05, 0) is 54.7 Å². The van der Waals surface area contributed by atoms with Crippen LogP contribution in [0.4, 0.5) is 11.4 Å². The molecule has 3 rings (SSSR count). The molecule has 0 radical (unpaired) electrons. The fraction of sp³-hybridized carbons (Fsp3) is 0.300. The van der Waals surface area contributed by atoms with Gasteiger partial charge in [-0.1, -0.05) is 32.0 Å². The first-order chi connectivity index (χ1) is 11.5. The lowest BCUT2D eigenvalue weighted by molar-refractivity contribution is -0.117. The molecule has 0 saturated heterocycles. The van der Waals surface area contributed by atoms with E-state index >= 15 is 0 Å². The lowest BCUT2D eigenvalue weighted by Crippen LogP contribution is -2.15. The van der Waals surface area contributed by atoms with Gasteiger partial charge < -0.3 is 10.6 Å². The monoisotopic (exact) mass is 322 g/mol. The second-order valence-electron chi connectivity index (χ2n) is 6.58. The molecule has 1 aliphatic rings. The van der Waals surface area contributed by atoms with E-state index in [1.807, 2.05) is 24.3 Å². The van der Waals surface area contributed by atoms with Crippen LogP contribution < -0.4 is 10.6 Å². The van der Waals surface area contributed by atoms with E-state index in [4.69, 9.17) is 0 Å². The van der Waals surface area contributed by atoms with Crippen LogP contribution in [0.3, 0.4) is 0 Å². The summed E-state index contributed by atoms with van der Waals surface area (Å²) in [6.07, 6.45) is 1.91. The van der Waals surface area contributed by atoms with Crippen LogP contribution in [0.15, 0.2) is 48.5 Å². The number of anilines is 2. The molecule has 0 spiro atoms. The second-order valence-corrected chi connectivity index (χ2v) is 6.58. The van der Waals surface area contributed by atoms with Crippen molar-refractivity contribution in [3.05, 3.63) is 59.7 Å². The molecule has 1 aliphatic carbocycles. The Bertz CT molecular complexity index is 764. The first-order valence-corrected chi connectivity index (χ1v) is 8.35. The maximum atomic E-state index is 12.5. The number of carbonyl (C=O) groups is 2. The topological polar surface area (TPSA) is 58.2 Å². The van der Waals surface area contributed by atoms with E-state index in [0.29, 0.717) is 17.2 Å². The van der Waals surface area contributed by atoms with Gasteiger partial charge in [-0.15, -0.1) is 0 Å². The van der Waals surface area contributed by atoms with E-state index in [0.717, 1.165) is 18.5 Å². The summed E-state index contributed by atoms with van der Waals surface area (Å²) in [5.41, 5.74) is 3.14. The number of hydrogen-bond acceptors (Lipinski definition) is 2. The predicted molar refractivity (Wildman–Crippen MR) is 96.3 cm³/mol. The van der Waals surface area contributed by atoms with Gasteiger partial charge in [-0.2, -0.15) is 0 Å². The third kappa shape index (κ3) is 4.02. The van der Waals surface area contributed by atoms with Crippen LogP contribution in [0.5, 0.6) is 0 Å². The van der Waals surface area contributed by atoms with Crippen molar-refractivity contribution in [1.82, 2.24) is 0 Å². The molecule has 2 amide bonds. The van der Waals surface area contributed by atoms with Crippen molar-refractivity contribution in [3.8, 4) is 0 Å². The van der Waals surface area contributed by atoms with Gasteiger partial charge in [0.2, 0.25) is 5.91 Å². The molecule has 1 fully saturated rings. The highest BCUT2D eigenvalue weighted by Gasteiger charge is 2.29. The molecule has 4 nitrogen and oxygen atoms in total. The van der Waals surface area contributed by atoms with E-state index in [2.05, 4.69) is 24.5 Å². The van der Waals surface area contributed by atoms with Gasteiger partial charge in [0.25, 0.3) is 5.91 Å². The van der Waals surface area contributed by atoms with Gasteiger partial charge in [-0.3, -0.25) is 9.59 Å². The molecular formula is C20H22N2O2. The quantitative estimate of drug-likeness (QED) is 0.856. The van der Waals surface area contributed by atoms with Crippen molar-refractivity contribution in [2.75, 3.05) is 10.6 Å².